The van der Waals surface area contributed by atoms with Crippen LogP contribution in [0.15, 0.2) is 0 Å². The van der Waals surface area contributed by atoms with Crippen molar-refractivity contribution < 1.29 is 14.4 Å². The summed E-state index contributed by atoms with van der Waals surface area (Å²) >= 11 is 0. The van der Waals surface area contributed by atoms with Gasteiger partial charge in [-0.3, -0.25) is 4.79 Å². The van der Waals surface area contributed by atoms with Crippen LogP contribution in [0.4, 0.5) is 0 Å². The molecule has 3 rings (SSSR count). The second kappa shape index (κ2) is 3.25. The van der Waals surface area contributed by atoms with E-state index in [9.17, 15) is 10.1 Å². The van der Waals surface area contributed by atoms with Crippen LogP contribution in [0.25, 0.3) is 0 Å². The standard InChI is InChI=1S/C10H14N2O2/c1-8(13)14-10(6-11)7-12-4-2-9(10)3-5-12/h9H,2-5,7H2,1H3/p+1/t10-/m0/s1. The van der Waals surface area contributed by atoms with Crippen LogP contribution >= 0.6 is 0 Å². The molecule has 0 aliphatic carbocycles. The van der Waals surface area contributed by atoms with Gasteiger partial charge in [-0.1, -0.05) is 0 Å². The van der Waals surface area contributed by atoms with Crippen molar-refractivity contribution in [2.45, 2.75) is 25.4 Å². The van der Waals surface area contributed by atoms with Gasteiger partial charge in [0.15, 0.2) is 0 Å². The molecule has 4 nitrogen and oxygen atoms in total. The van der Waals surface area contributed by atoms with E-state index in [0.29, 0.717) is 6.54 Å². The molecule has 4 heteroatoms. The summed E-state index contributed by atoms with van der Waals surface area (Å²) in [4.78, 5) is 12.4. The van der Waals surface area contributed by atoms with E-state index >= 15 is 0 Å². The molecule has 3 fully saturated rings. The lowest BCUT2D eigenvalue weighted by Crippen LogP contribution is -3.17. The van der Waals surface area contributed by atoms with Crippen molar-refractivity contribution in [3.63, 3.8) is 0 Å². The molecule has 1 N–H and O–H groups in total. The predicted octanol–water partition coefficient (Wildman–Crippen LogP) is -0.880. The van der Waals surface area contributed by atoms with Crippen molar-refractivity contribution in [3.05, 3.63) is 0 Å². The summed E-state index contributed by atoms with van der Waals surface area (Å²) in [5, 5.41) is 9.17. The van der Waals surface area contributed by atoms with E-state index in [-0.39, 0.29) is 11.9 Å². The zero-order chi connectivity index (χ0) is 10.2. The fraction of sp³-hybridized carbons (Fsp3) is 0.800. The molecule has 0 spiro atoms. The summed E-state index contributed by atoms with van der Waals surface area (Å²) in [5.74, 6) is -0.0754. The molecule has 3 aliphatic rings. The van der Waals surface area contributed by atoms with Gasteiger partial charge in [0.25, 0.3) is 0 Å². The highest BCUT2D eigenvalue weighted by molar-refractivity contribution is 5.67. The number of nitrogens with one attached hydrogen (secondary N) is 1. The van der Waals surface area contributed by atoms with Crippen molar-refractivity contribution in [2.75, 3.05) is 19.6 Å². The number of carbonyl (C=O) groups excluding carboxylic acids is 1. The van der Waals surface area contributed by atoms with Crippen LogP contribution < -0.4 is 4.90 Å². The Morgan fingerprint density at radius 2 is 2.21 bits per heavy atom. The number of carbonyl (C=O) groups is 1. The molecule has 0 radical (unpaired) electrons. The third kappa shape index (κ3) is 1.38. The van der Waals surface area contributed by atoms with E-state index in [1.165, 1.54) is 11.8 Å². The van der Waals surface area contributed by atoms with Gasteiger partial charge in [-0.25, -0.2) is 0 Å². The van der Waals surface area contributed by atoms with Crippen molar-refractivity contribution in [1.29, 1.82) is 5.26 Å². The SMILES string of the molecule is CC(=O)O[C@@]1(C#N)C[NH+]2CCC1CC2. The first-order chi connectivity index (χ1) is 6.66. The lowest BCUT2D eigenvalue weighted by molar-refractivity contribution is -0.923. The van der Waals surface area contributed by atoms with Gasteiger partial charge in [0.1, 0.15) is 12.6 Å². The fourth-order valence-electron chi connectivity index (χ4n) is 2.71. The number of hydrogen-bond donors (Lipinski definition) is 1. The van der Waals surface area contributed by atoms with Crippen LogP contribution in [-0.4, -0.2) is 31.2 Å². The topological polar surface area (TPSA) is 54.5 Å². The van der Waals surface area contributed by atoms with Crippen molar-refractivity contribution in [3.8, 4) is 6.07 Å². The molecule has 0 aromatic heterocycles. The number of hydrogen-bond acceptors (Lipinski definition) is 3. The number of quaternary nitrogens is 1. The third-order valence-corrected chi connectivity index (χ3v) is 3.38. The molecular weight excluding hydrogens is 180 g/mol. The molecule has 2 bridgehead atoms. The Balaban J connectivity index is 2.20. The van der Waals surface area contributed by atoms with Crippen LogP contribution in [0.1, 0.15) is 19.8 Å². The zero-order valence-corrected chi connectivity index (χ0v) is 8.38. The average molecular weight is 195 g/mol. The first kappa shape index (κ1) is 9.47. The lowest BCUT2D eigenvalue weighted by atomic mass is 9.76. The number of nitriles is 1. The molecule has 0 saturated carbocycles. The van der Waals surface area contributed by atoms with E-state index in [0.717, 1.165) is 25.9 Å². The summed E-state index contributed by atoms with van der Waals surface area (Å²) < 4.78 is 5.24. The van der Waals surface area contributed by atoms with E-state index in [4.69, 9.17) is 4.74 Å². The van der Waals surface area contributed by atoms with Crippen LogP contribution in [0, 0.1) is 17.2 Å². The van der Waals surface area contributed by atoms with E-state index in [1.807, 2.05) is 0 Å². The zero-order valence-electron chi connectivity index (χ0n) is 8.38. The predicted molar refractivity (Wildman–Crippen MR) is 48.4 cm³/mol. The molecule has 0 amide bonds. The molecule has 14 heavy (non-hydrogen) atoms. The summed E-state index contributed by atoms with van der Waals surface area (Å²) in [6.45, 7) is 4.30. The Labute approximate surface area is 83.4 Å². The van der Waals surface area contributed by atoms with Crippen LogP contribution in [0.3, 0.4) is 0 Å². The molecule has 76 valence electrons. The van der Waals surface area contributed by atoms with Gasteiger partial charge in [0.2, 0.25) is 5.60 Å². The maximum atomic E-state index is 11.0. The number of piperidine rings is 3. The number of esters is 1. The Morgan fingerprint density at radius 3 is 2.57 bits per heavy atom. The Kier molecular flexibility index (Phi) is 2.20. The quantitative estimate of drug-likeness (QED) is 0.553. The molecule has 3 saturated heterocycles. The molecule has 3 aliphatic heterocycles. The van der Waals surface area contributed by atoms with E-state index in [2.05, 4.69) is 6.07 Å². The number of fused-ring (bicyclic) bond motifs is 3. The minimum Gasteiger partial charge on any atom is -0.437 e. The fourth-order valence-corrected chi connectivity index (χ4v) is 2.71. The molecule has 3 heterocycles. The average Bonchev–Trinajstić information content (AvgIpc) is 2.18. The van der Waals surface area contributed by atoms with Crippen LogP contribution in [0.5, 0.6) is 0 Å². The minimum atomic E-state index is -0.822. The smallest absolute Gasteiger partial charge is 0.304 e. The second-order valence-electron chi connectivity index (χ2n) is 4.30. The highest BCUT2D eigenvalue weighted by atomic mass is 16.6. The summed E-state index contributed by atoms with van der Waals surface area (Å²) in [7, 11) is 0. The van der Waals surface area contributed by atoms with Gasteiger partial charge in [-0.2, -0.15) is 5.26 Å². The van der Waals surface area contributed by atoms with Gasteiger partial charge in [0.05, 0.1) is 13.1 Å². The van der Waals surface area contributed by atoms with Crippen molar-refractivity contribution >= 4 is 5.97 Å². The Hall–Kier alpha value is -1.08. The summed E-state index contributed by atoms with van der Waals surface area (Å²) in [5.41, 5.74) is -0.822. The van der Waals surface area contributed by atoms with Crippen molar-refractivity contribution in [1.82, 2.24) is 0 Å². The largest absolute Gasteiger partial charge is 0.437 e. The number of rotatable bonds is 1. The van der Waals surface area contributed by atoms with Gasteiger partial charge in [0, 0.05) is 25.7 Å². The monoisotopic (exact) mass is 195 g/mol. The van der Waals surface area contributed by atoms with Crippen LogP contribution in [-0.2, 0) is 9.53 Å². The normalized spacial score (nSPS) is 40.3. The highest BCUT2D eigenvalue weighted by Gasteiger charge is 2.52. The third-order valence-electron chi connectivity index (χ3n) is 3.38. The lowest BCUT2D eigenvalue weighted by Gasteiger charge is -2.45. The summed E-state index contributed by atoms with van der Waals surface area (Å²) in [6.07, 6.45) is 2.02. The number of nitrogens with zero attached hydrogens (tertiary/aromatic N) is 1. The Bertz CT molecular complexity index is 289. The second-order valence-corrected chi connectivity index (χ2v) is 4.30. The van der Waals surface area contributed by atoms with Gasteiger partial charge in [-0.15, -0.1) is 0 Å². The highest BCUT2D eigenvalue weighted by Crippen LogP contribution is 2.31. The van der Waals surface area contributed by atoms with Gasteiger partial charge >= 0.3 is 5.97 Å². The number of ether oxygens (including phenoxy) is 1. The Morgan fingerprint density at radius 1 is 1.57 bits per heavy atom. The summed E-state index contributed by atoms with van der Waals surface area (Å²) in [6, 6.07) is 2.22. The molecule has 0 aromatic rings. The molecule has 1 atom stereocenters. The van der Waals surface area contributed by atoms with Crippen molar-refractivity contribution in [2.24, 2.45) is 5.92 Å². The van der Waals surface area contributed by atoms with E-state index in [1.54, 1.807) is 0 Å². The van der Waals surface area contributed by atoms with Gasteiger partial charge in [-0.05, 0) is 0 Å². The maximum absolute atomic E-state index is 11.0. The molecule has 0 unspecified atom stereocenters. The molecule has 0 aromatic carbocycles. The maximum Gasteiger partial charge on any atom is 0.304 e. The van der Waals surface area contributed by atoms with Gasteiger partial charge < -0.3 is 9.64 Å². The van der Waals surface area contributed by atoms with Crippen LogP contribution in [0.2, 0.25) is 0 Å². The van der Waals surface area contributed by atoms with E-state index < -0.39 is 5.60 Å². The first-order valence-electron chi connectivity index (χ1n) is 5.11. The minimum absolute atomic E-state index is 0.258. The molecular formula is C10H15N2O2+. The first-order valence-corrected chi connectivity index (χ1v) is 5.11.